The van der Waals surface area contributed by atoms with E-state index in [1.807, 2.05) is 0 Å². The van der Waals surface area contributed by atoms with Crippen molar-refractivity contribution in [2.45, 2.75) is 19.6 Å². The summed E-state index contributed by atoms with van der Waals surface area (Å²) in [6, 6.07) is 19.1. The van der Waals surface area contributed by atoms with Crippen molar-refractivity contribution in [1.82, 2.24) is 0 Å². The SMILES string of the molecule is O=C(Nc1cc2ccc(SOOO)cc2cc1SOOO)c1cccc(C(=O)Nc2cc3ccc(S(=O)(=O)O)cc3cc2S(=O)(=O)O)c1. The molecule has 0 fully saturated rings. The van der Waals surface area contributed by atoms with Crippen LogP contribution in [0, 0.1) is 0 Å². The molecule has 0 aliphatic rings. The van der Waals surface area contributed by atoms with Crippen molar-refractivity contribution in [3.05, 3.63) is 96.1 Å². The van der Waals surface area contributed by atoms with E-state index in [1.165, 1.54) is 36.4 Å². The maximum atomic E-state index is 13.3. The number of nitrogens with one attached hydrogen (secondary N) is 2. The Balaban J connectivity index is 1.42. The fourth-order valence-electron chi connectivity index (χ4n) is 4.50. The van der Waals surface area contributed by atoms with Gasteiger partial charge in [0, 0.05) is 16.0 Å². The van der Waals surface area contributed by atoms with E-state index in [0.717, 1.165) is 30.2 Å². The third-order valence-corrected chi connectivity index (χ3v) is 9.56. The first-order chi connectivity index (χ1) is 22.8. The maximum Gasteiger partial charge on any atom is 0.296 e. The van der Waals surface area contributed by atoms with E-state index in [2.05, 4.69) is 29.4 Å². The number of anilines is 2. The molecular formula is C28H20N2O14S4. The molecule has 2 amide bonds. The predicted octanol–water partition coefficient (Wildman–Crippen LogP) is 5.85. The van der Waals surface area contributed by atoms with Gasteiger partial charge in [0.05, 0.1) is 45.3 Å². The summed E-state index contributed by atoms with van der Waals surface area (Å²) in [6.07, 6.45) is 0. The van der Waals surface area contributed by atoms with E-state index in [9.17, 15) is 35.5 Å². The number of amides is 2. The van der Waals surface area contributed by atoms with E-state index < -0.39 is 41.8 Å². The van der Waals surface area contributed by atoms with Crippen molar-refractivity contribution in [1.29, 1.82) is 0 Å². The highest BCUT2D eigenvalue weighted by molar-refractivity contribution is 7.95. The molecule has 6 N–H and O–H groups in total. The number of carbonyl (C=O) groups excluding carboxylic acids is 2. The van der Waals surface area contributed by atoms with Crippen LogP contribution in [0.4, 0.5) is 11.4 Å². The molecule has 5 rings (SSSR count). The van der Waals surface area contributed by atoms with Crippen LogP contribution >= 0.6 is 24.1 Å². The summed E-state index contributed by atoms with van der Waals surface area (Å²) in [7, 11) is -9.55. The lowest BCUT2D eigenvalue weighted by molar-refractivity contribution is -0.432. The van der Waals surface area contributed by atoms with Crippen LogP contribution in [0.2, 0.25) is 0 Å². The Morgan fingerprint density at radius 2 is 1.19 bits per heavy atom. The Hall–Kier alpha value is -4.16. The molecule has 0 aliphatic heterocycles. The molecule has 0 saturated carbocycles. The lowest BCUT2D eigenvalue weighted by Crippen LogP contribution is -2.17. The molecule has 0 radical (unpaired) electrons. The molecule has 0 bridgehead atoms. The third kappa shape index (κ3) is 8.27. The van der Waals surface area contributed by atoms with Crippen molar-refractivity contribution >= 4 is 89.1 Å². The molecular weight excluding hydrogens is 717 g/mol. The van der Waals surface area contributed by atoms with Gasteiger partial charge in [0.15, 0.2) is 0 Å². The Morgan fingerprint density at radius 1 is 0.604 bits per heavy atom. The summed E-state index contributed by atoms with van der Waals surface area (Å²) >= 11 is 1.30. The highest BCUT2D eigenvalue weighted by Gasteiger charge is 2.21. The van der Waals surface area contributed by atoms with Crippen LogP contribution in [0.3, 0.4) is 0 Å². The zero-order valence-electron chi connectivity index (χ0n) is 23.6. The standard InChI is InChI=1S/C28H20N2O14S4/c31-27(29-23-11-15-4-6-21(45-43-41-33)9-19(15)13-25(23)46-44-42-34)17-2-1-3-18(8-17)28(32)30-24-12-16-5-7-22(47(35,36)37)10-20(16)14-26(24)48(38,39)40/h1-14,33-34H,(H,29,31)(H,30,32)(H,35,36,37)(H,38,39,40). The fraction of sp³-hybridized carbons (Fsp3) is 0. The quantitative estimate of drug-likeness (QED) is 0.0381. The minimum absolute atomic E-state index is 0.0113. The number of fused-ring (bicyclic) bond motifs is 2. The maximum absolute atomic E-state index is 13.3. The molecule has 5 aromatic rings. The van der Waals surface area contributed by atoms with E-state index in [0.29, 0.717) is 27.7 Å². The van der Waals surface area contributed by atoms with Crippen LogP contribution in [-0.2, 0) is 39.0 Å². The van der Waals surface area contributed by atoms with E-state index in [-0.39, 0.29) is 38.2 Å². The molecule has 48 heavy (non-hydrogen) atoms. The van der Waals surface area contributed by atoms with E-state index >= 15 is 0 Å². The van der Waals surface area contributed by atoms with Gasteiger partial charge >= 0.3 is 0 Å². The highest BCUT2D eigenvalue weighted by Crippen LogP contribution is 2.35. The molecule has 5 aromatic carbocycles. The highest BCUT2D eigenvalue weighted by atomic mass is 32.2. The average Bonchev–Trinajstić information content (AvgIpc) is 3.04. The van der Waals surface area contributed by atoms with Crippen LogP contribution in [0.1, 0.15) is 20.7 Å². The van der Waals surface area contributed by atoms with Gasteiger partial charge in [0.25, 0.3) is 32.1 Å². The molecule has 0 aromatic heterocycles. The lowest BCUT2D eigenvalue weighted by Gasteiger charge is -2.13. The first-order valence-corrected chi connectivity index (χ1v) is 17.3. The molecule has 250 valence electrons. The van der Waals surface area contributed by atoms with Crippen LogP contribution in [0.5, 0.6) is 0 Å². The molecule has 0 unspecified atom stereocenters. The second-order valence-corrected chi connectivity index (χ2v) is 13.9. The zero-order valence-corrected chi connectivity index (χ0v) is 26.9. The number of hydrogen-bond donors (Lipinski definition) is 6. The number of hydrogen-bond acceptors (Lipinski definition) is 14. The molecule has 0 spiro atoms. The monoisotopic (exact) mass is 736 g/mol. The Morgan fingerprint density at radius 3 is 1.81 bits per heavy atom. The molecule has 16 nitrogen and oxygen atoms in total. The van der Waals surface area contributed by atoms with Gasteiger partial charge in [-0.2, -0.15) is 16.8 Å². The lowest BCUT2D eigenvalue weighted by atomic mass is 10.1. The van der Waals surface area contributed by atoms with Gasteiger partial charge in [-0.25, -0.2) is 10.5 Å². The Bertz CT molecular complexity index is 2280. The molecule has 0 atom stereocenters. The Labute approximate surface area is 279 Å². The van der Waals surface area contributed by atoms with Crippen molar-refractivity contribution in [2.75, 3.05) is 10.6 Å². The van der Waals surface area contributed by atoms with Gasteiger partial charge in [0.1, 0.15) is 4.90 Å². The number of rotatable bonds is 12. The van der Waals surface area contributed by atoms with Crippen molar-refractivity contribution in [3.63, 3.8) is 0 Å². The van der Waals surface area contributed by atoms with Crippen molar-refractivity contribution in [2.24, 2.45) is 0 Å². The summed E-state index contributed by atoms with van der Waals surface area (Å²) in [6.45, 7) is 0. The van der Waals surface area contributed by atoms with Gasteiger partial charge in [-0.1, -0.05) is 28.3 Å². The Kier molecular flexibility index (Phi) is 10.6. The normalized spacial score (nSPS) is 11.9. The zero-order chi connectivity index (χ0) is 34.6. The summed E-state index contributed by atoms with van der Waals surface area (Å²) in [4.78, 5) is 26.1. The summed E-state index contributed by atoms with van der Waals surface area (Å²) in [5.74, 6) is -1.53. The summed E-state index contributed by atoms with van der Waals surface area (Å²) < 4.78 is 75.6. The fourth-order valence-corrected chi connectivity index (χ4v) is 6.56. The molecule has 0 heterocycles. The largest absolute Gasteiger partial charge is 0.321 e. The minimum atomic E-state index is -4.94. The van der Waals surface area contributed by atoms with Gasteiger partial charge in [-0.05, 0) is 88.3 Å². The average molecular weight is 737 g/mol. The van der Waals surface area contributed by atoms with E-state index in [1.54, 1.807) is 30.3 Å². The minimum Gasteiger partial charge on any atom is -0.321 e. The second kappa shape index (κ2) is 14.5. The van der Waals surface area contributed by atoms with Crippen LogP contribution in [0.15, 0.2) is 105 Å². The topological polar surface area (TPSA) is 244 Å². The van der Waals surface area contributed by atoms with Crippen LogP contribution in [0.25, 0.3) is 21.5 Å². The summed E-state index contributed by atoms with van der Waals surface area (Å²) in [5.41, 5.74) is -0.177. The first-order valence-electron chi connectivity index (χ1n) is 12.9. The molecule has 0 saturated heterocycles. The number of carbonyl (C=O) groups is 2. The van der Waals surface area contributed by atoms with E-state index in [4.69, 9.17) is 10.5 Å². The predicted molar refractivity (Wildman–Crippen MR) is 171 cm³/mol. The number of benzene rings is 5. The first kappa shape index (κ1) is 35.2. The van der Waals surface area contributed by atoms with Crippen LogP contribution < -0.4 is 10.6 Å². The van der Waals surface area contributed by atoms with Gasteiger partial charge < -0.3 is 10.6 Å². The smallest absolute Gasteiger partial charge is 0.296 e. The van der Waals surface area contributed by atoms with Gasteiger partial charge in [-0.15, -0.1) is 8.67 Å². The molecule has 20 heteroatoms. The van der Waals surface area contributed by atoms with Gasteiger partial charge in [0.2, 0.25) is 0 Å². The molecule has 0 aliphatic carbocycles. The van der Waals surface area contributed by atoms with Crippen molar-refractivity contribution < 1.29 is 64.8 Å². The third-order valence-electron chi connectivity index (χ3n) is 6.59. The van der Waals surface area contributed by atoms with Crippen molar-refractivity contribution in [3.8, 4) is 0 Å². The second-order valence-electron chi connectivity index (χ2n) is 9.61. The summed E-state index contributed by atoms with van der Waals surface area (Å²) in [5, 5.41) is 31.0. The van der Waals surface area contributed by atoms with Gasteiger partial charge in [-0.3, -0.25) is 18.7 Å². The van der Waals surface area contributed by atoms with Crippen LogP contribution in [-0.4, -0.2) is 48.3 Å².